The van der Waals surface area contributed by atoms with Gasteiger partial charge in [-0.05, 0) is 6.42 Å². The van der Waals surface area contributed by atoms with E-state index in [9.17, 15) is 22.0 Å². The van der Waals surface area contributed by atoms with Crippen molar-refractivity contribution in [1.82, 2.24) is 0 Å². The Balaban J connectivity index is 4.45. The van der Waals surface area contributed by atoms with Crippen LogP contribution in [0.1, 0.15) is 13.3 Å². The molecule has 0 aliphatic rings. The predicted molar refractivity (Wildman–Crippen MR) is 27.3 cm³/mol. The van der Waals surface area contributed by atoms with Gasteiger partial charge in [-0.25, -0.2) is 4.39 Å². The third-order valence-electron chi connectivity index (χ3n) is 1.15. The van der Waals surface area contributed by atoms with E-state index in [2.05, 4.69) is 0 Å². The lowest BCUT2D eigenvalue weighted by Crippen LogP contribution is -2.47. The topological polar surface area (TPSA) is 20.2 Å². The van der Waals surface area contributed by atoms with Crippen LogP contribution in [-0.4, -0.2) is 23.3 Å². The second-order valence-electron chi connectivity index (χ2n) is 2.04. The van der Waals surface area contributed by atoms with E-state index in [1.54, 1.807) is 0 Å². The first-order chi connectivity index (χ1) is 4.73. The molecule has 1 N–H and O–H groups in total. The van der Waals surface area contributed by atoms with Crippen molar-refractivity contribution in [2.75, 3.05) is 0 Å². The zero-order valence-corrected chi connectivity index (χ0v) is 5.62. The van der Waals surface area contributed by atoms with Crippen molar-refractivity contribution in [3.05, 3.63) is 0 Å². The number of hydrogen-bond donors (Lipinski definition) is 1. The lowest BCUT2D eigenvalue weighted by molar-refractivity contribution is -0.342. The van der Waals surface area contributed by atoms with Crippen LogP contribution >= 0.6 is 0 Å². The highest BCUT2D eigenvalue weighted by molar-refractivity contribution is 4.82. The maximum absolute atomic E-state index is 12.0. The van der Waals surface area contributed by atoms with Gasteiger partial charge in [0, 0.05) is 0 Å². The van der Waals surface area contributed by atoms with Gasteiger partial charge in [0.1, 0.15) is 0 Å². The summed E-state index contributed by atoms with van der Waals surface area (Å²) in [5.74, 6) is -5.00. The van der Waals surface area contributed by atoms with Gasteiger partial charge >= 0.3 is 12.0 Å². The Morgan fingerprint density at radius 3 is 1.73 bits per heavy atom. The van der Waals surface area contributed by atoms with E-state index in [-0.39, 0.29) is 0 Å². The van der Waals surface area contributed by atoms with Crippen molar-refractivity contribution in [1.29, 1.82) is 0 Å². The van der Waals surface area contributed by atoms with Gasteiger partial charge in [0.15, 0.2) is 6.17 Å². The molecule has 0 saturated heterocycles. The molecule has 0 aliphatic heterocycles. The molecule has 1 nitrogen and oxygen atoms in total. The fourth-order valence-electron chi connectivity index (χ4n) is 0.445. The van der Waals surface area contributed by atoms with E-state index in [0.29, 0.717) is 0 Å². The van der Waals surface area contributed by atoms with Crippen molar-refractivity contribution in [2.24, 2.45) is 0 Å². The van der Waals surface area contributed by atoms with Crippen molar-refractivity contribution in [2.45, 2.75) is 31.5 Å². The van der Waals surface area contributed by atoms with E-state index >= 15 is 0 Å². The van der Waals surface area contributed by atoms with Crippen LogP contribution in [0.4, 0.5) is 22.0 Å². The molecule has 0 unspecified atom stereocenters. The molecule has 11 heavy (non-hydrogen) atoms. The smallest absolute Gasteiger partial charge is 0.331 e. The fourth-order valence-corrected chi connectivity index (χ4v) is 0.445. The zero-order valence-electron chi connectivity index (χ0n) is 5.62. The van der Waals surface area contributed by atoms with Gasteiger partial charge in [-0.3, -0.25) is 0 Å². The molecular weight excluding hydrogens is 171 g/mol. The van der Waals surface area contributed by atoms with Crippen LogP contribution in [0.2, 0.25) is 0 Å². The standard InChI is InChI=1S/C5H7F5O/c1-2-3(6)4(7,8)5(9,10)11/h3,11H,2H2,1H3/t3-/m0/s1. The van der Waals surface area contributed by atoms with Crippen LogP contribution in [0, 0.1) is 0 Å². The minimum Gasteiger partial charge on any atom is -0.331 e. The normalized spacial score (nSPS) is 16.6. The van der Waals surface area contributed by atoms with Crippen LogP contribution < -0.4 is 0 Å². The maximum Gasteiger partial charge on any atom is 0.420 e. The Bertz CT molecular complexity index is 129. The number of alkyl halides is 5. The number of hydrogen-bond acceptors (Lipinski definition) is 1. The third-order valence-corrected chi connectivity index (χ3v) is 1.15. The van der Waals surface area contributed by atoms with Crippen LogP contribution in [-0.2, 0) is 0 Å². The van der Waals surface area contributed by atoms with Crippen LogP contribution in [0.25, 0.3) is 0 Å². The summed E-state index contributed by atoms with van der Waals surface area (Å²) >= 11 is 0. The summed E-state index contributed by atoms with van der Waals surface area (Å²) < 4.78 is 58.9. The molecule has 0 spiro atoms. The van der Waals surface area contributed by atoms with E-state index in [1.165, 1.54) is 0 Å². The molecule has 1 atom stereocenters. The second kappa shape index (κ2) is 2.92. The highest BCUT2D eigenvalue weighted by Crippen LogP contribution is 2.37. The van der Waals surface area contributed by atoms with Crippen molar-refractivity contribution in [3.63, 3.8) is 0 Å². The summed E-state index contributed by atoms with van der Waals surface area (Å²) in [6.07, 6.45) is -9.09. The van der Waals surface area contributed by atoms with Gasteiger partial charge in [-0.1, -0.05) is 6.92 Å². The fraction of sp³-hybridized carbons (Fsp3) is 1.00. The van der Waals surface area contributed by atoms with Crippen LogP contribution in [0.15, 0.2) is 0 Å². The summed E-state index contributed by atoms with van der Waals surface area (Å²) in [6.45, 7) is 0.977. The molecule has 0 aromatic rings. The van der Waals surface area contributed by atoms with Crippen molar-refractivity contribution >= 4 is 0 Å². The first-order valence-corrected chi connectivity index (χ1v) is 2.85. The number of aliphatic hydroxyl groups is 1. The Hall–Kier alpha value is -0.390. The van der Waals surface area contributed by atoms with E-state index < -0.39 is 24.6 Å². The molecule has 6 heteroatoms. The molecule has 0 bridgehead atoms. The summed E-state index contributed by atoms with van der Waals surface area (Å²) in [6, 6.07) is 0. The Labute approximate surface area is 59.8 Å². The summed E-state index contributed by atoms with van der Waals surface area (Å²) in [7, 11) is 0. The van der Waals surface area contributed by atoms with Crippen molar-refractivity contribution < 1.29 is 27.1 Å². The molecule has 0 aromatic carbocycles. The van der Waals surface area contributed by atoms with E-state index in [1.807, 2.05) is 0 Å². The molecule has 0 aromatic heterocycles. The van der Waals surface area contributed by atoms with Gasteiger partial charge in [-0.15, -0.1) is 0 Å². The first kappa shape index (κ1) is 10.6. The molecule has 0 rings (SSSR count). The van der Waals surface area contributed by atoms with E-state index in [0.717, 1.165) is 6.92 Å². The molecular formula is C5H7F5O. The van der Waals surface area contributed by atoms with Crippen LogP contribution in [0.3, 0.4) is 0 Å². The van der Waals surface area contributed by atoms with Gasteiger partial charge in [0.25, 0.3) is 0 Å². The summed E-state index contributed by atoms with van der Waals surface area (Å²) in [5.41, 5.74) is 0. The Kier molecular flexibility index (Phi) is 2.82. The minimum atomic E-state index is -5.29. The molecule has 68 valence electrons. The second-order valence-corrected chi connectivity index (χ2v) is 2.04. The lowest BCUT2D eigenvalue weighted by atomic mass is 10.1. The van der Waals surface area contributed by atoms with Crippen molar-refractivity contribution in [3.8, 4) is 0 Å². The van der Waals surface area contributed by atoms with Gasteiger partial charge in [0.05, 0.1) is 0 Å². The Morgan fingerprint density at radius 2 is 1.64 bits per heavy atom. The molecule has 0 radical (unpaired) electrons. The Morgan fingerprint density at radius 1 is 1.27 bits per heavy atom. The lowest BCUT2D eigenvalue weighted by Gasteiger charge is -2.23. The minimum absolute atomic E-state index is 0.775. The highest BCUT2D eigenvalue weighted by atomic mass is 19.3. The molecule has 0 heterocycles. The van der Waals surface area contributed by atoms with Crippen LogP contribution in [0.5, 0.6) is 0 Å². The molecule has 0 amide bonds. The third kappa shape index (κ3) is 2.02. The van der Waals surface area contributed by atoms with Gasteiger partial charge in [-0.2, -0.15) is 17.6 Å². The average Bonchev–Trinajstić information content (AvgIpc) is 1.83. The zero-order chi connectivity index (χ0) is 9.28. The molecule has 0 saturated carbocycles. The summed E-state index contributed by atoms with van der Waals surface area (Å²) in [5, 5.41) is 7.52. The monoisotopic (exact) mass is 178 g/mol. The predicted octanol–water partition coefficient (Wildman–Crippen LogP) is 1.95. The number of rotatable bonds is 3. The quantitative estimate of drug-likeness (QED) is 0.655. The molecule has 0 fully saturated rings. The van der Waals surface area contributed by atoms with Gasteiger partial charge < -0.3 is 5.11 Å². The largest absolute Gasteiger partial charge is 0.420 e. The average molecular weight is 178 g/mol. The SMILES string of the molecule is CC[C@H](F)C(F)(F)C(O)(F)F. The summed E-state index contributed by atoms with van der Waals surface area (Å²) in [4.78, 5) is 0. The highest BCUT2D eigenvalue weighted by Gasteiger charge is 2.60. The first-order valence-electron chi connectivity index (χ1n) is 2.85. The number of halogens is 5. The molecule has 0 aliphatic carbocycles. The van der Waals surface area contributed by atoms with Gasteiger partial charge in [0.2, 0.25) is 0 Å². The maximum atomic E-state index is 12.0. The van der Waals surface area contributed by atoms with E-state index in [4.69, 9.17) is 5.11 Å².